The number of aromatic nitrogens is 2. The van der Waals surface area contributed by atoms with Crippen molar-refractivity contribution in [2.75, 3.05) is 5.32 Å². The smallest absolute Gasteiger partial charge is 0.339 e. The van der Waals surface area contributed by atoms with Gasteiger partial charge < -0.3 is 10.4 Å². The van der Waals surface area contributed by atoms with Gasteiger partial charge in [-0.2, -0.15) is 10.2 Å². The van der Waals surface area contributed by atoms with Crippen molar-refractivity contribution < 1.29 is 9.90 Å². The molecule has 3 rings (SSSR count). The third-order valence-electron chi connectivity index (χ3n) is 3.76. The van der Waals surface area contributed by atoms with Crippen LogP contribution in [0.3, 0.4) is 0 Å². The highest BCUT2D eigenvalue weighted by atomic mass is 16.3. The number of carbonyl (C=O) groups excluding carboxylic acids is 1. The van der Waals surface area contributed by atoms with Gasteiger partial charge in [0.25, 0.3) is 0 Å². The summed E-state index contributed by atoms with van der Waals surface area (Å²) in [7, 11) is 1.78. The van der Waals surface area contributed by atoms with E-state index in [0.29, 0.717) is 22.6 Å². The number of rotatable bonds is 4. The third-order valence-corrected chi connectivity index (χ3v) is 3.76. The molecule has 1 heterocycles. The number of hydrogen-bond donors (Lipinski definition) is 3. The number of amides is 2. The van der Waals surface area contributed by atoms with Gasteiger partial charge in [0, 0.05) is 11.3 Å². The van der Waals surface area contributed by atoms with Crippen LogP contribution in [0, 0.1) is 0 Å². The van der Waals surface area contributed by atoms with Gasteiger partial charge >= 0.3 is 6.03 Å². The number of nitrogens with one attached hydrogen (secondary N) is 2. The molecule has 0 atom stereocenters. The number of carbonyl (C=O) groups is 1. The molecule has 1 aromatic heterocycles. The van der Waals surface area contributed by atoms with Crippen molar-refractivity contribution in [3.05, 3.63) is 66.2 Å². The SMILES string of the molecule is Bc1nn(-c2ccccc2)c(O)c1/C(C)=N/NC(=O)Nc1ccccc1. The summed E-state index contributed by atoms with van der Waals surface area (Å²) < 4.78 is 1.44. The van der Waals surface area contributed by atoms with Gasteiger partial charge in [0.15, 0.2) is 7.85 Å². The molecule has 2 amide bonds. The van der Waals surface area contributed by atoms with E-state index in [2.05, 4.69) is 20.9 Å². The number of hydrazone groups is 1. The second-order valence-electron chi connectivity index (χ2n) is 5.66. The summed E-state index contributed by atoms with van der Waals surface area (Å²) in [6, 6.07) is 17.9. The van der Waals surface area contributed by atoms with Gasteiger partial charge in [-0.3, -0.25) is 0 Å². The van der Waals surface area contributed by atoms with Crippen LogP contribution in [0.1, 0.15) is 12.5 Å². The second kappa shape index (κ2) is 7.56. The number of anilines is 1. The van der Waals surface area contributed by atoms with E-state index in [9.17, 15) is 9.90 Å². The fraction of sp³-hybridized carbons (Fsp3) is 0.0556. The first-order valence-corrected chi connectivity index (χ1v) is 8.07. The van der Waals surface area contributed by atoms with Crippen LogP contribution in [-0.2, 0) is 0 Å². The zero-order valence-corrected chi connectivity index (χ0v) is 14.5. The van der Waals surface area contributed by atoms with Crippen LogP contribution in [0.25, 0.3) is 5.69 Å². The molecule has 0 unspecified atom stereocenters. The van der Waals surface area contributed by atoms with Gasteiger partial charge in [0.2, 0.25) is 5.88 Å². The summed E-state index contributed by atoms with van der Waals surface area (Å²) in [5.41, 5.74) is 5.36. The van der Waals surface area contributed by atoms with Gasteiger partial charge in [-0.15, -0.1) is 0 Å². The Labute approximate surface area is 151 Å². The lowest BCUT2D eigenvalue weighted by molar-refractivity contribution is 0.252. The van der Waals surface area contributed by atoms with Crippen LogP contribution in [0.15, 0.2) is 65.8 Å². The van der Waals surface area contributed by atoms with E-state index in [0.717, 1.165) is 5.69 Å². The Balaban J connectivity index is 1.77. The summed E-state index contributed by atoms with van der Waals surface area (Å²) in [5.74, 6) is -0.0276. The molecule has 26 heavy (non-hydrogen) atoms. The number of nitrogens with zero attached hydrogens (tertiary/aromatic N) is 3. The summed E-state index contributed by atoms with van der Waals surface area (Å²) in [5, 5.41) is 21.6. The Morgan fingerprint density at radius 3 is 2.38 bits per heavy atom. The average molecular weight is 347 g/mol. The highest BCUT2D eigenvalue weighted by Gasteiger charge is 2.18. The molecule has 8 heteroatoms. The zero-order valence-electron chi connectivity index (χ0n) is 14.5. The molecule has 130 valence electrons. The van der Waals surface area contributed by atoms with Gasteiger partial charge in [0.05, 0.1) is 17.0 Å². The van der Waals surface area contributed by atoms with Crippen molar-refractivity contribution in [3.63, 3.8) is 0 Å². The minimum absolute atomic E-state index is 0.0276. The maximum absolute atomic E-state index is 11.9. The van der Waals surface area contributed by atoms with Crippen molar-refractivity contribution in [2.24, 2.45) is 5.10 Å². The molecule has 0 aliphatic heterocycles. The van der Waals surface area contributed by atoms with Gasteiger partial charge in [-0.25, -0.2) is 14.9 Å². The number of benzene rings is 2. The molecular formula is C18H18BN5O2. The van der Waals surface area contributed by atoms with E-state index in [1.165, 1.54) is 4.68 Å². The molecule has 7 nitrogen and oxygen atoms in total. The molecule has 0 radical (unpaired) electrons. The van der Waals surface area contributed by atoms with E-state index in [1.54, 1.807) is 26.9 Å². The lowest BCUT2D eigenvalue weighted by Gasteiger charge is -2.06. The maximum atomic E-state index is 11.9. The highest BCUT2D eigenvalue weighted by molar-refractivity contribution is 6.35. The minimum atomic E-state index is -0.469. The van der Waals surface area contributed by atoms with Crippen molar-refractivity contribution in [1.29, 1.82) is 0 Å². The second-order valence-corrected chi connectivity index (χ2v) is 5.66. The number of urea groups is 1. The van der Waals surface area contributed by atoms with E-state index < -0.39 is 6.03 Å². The summed E-state index contributed by atoms with van der Waals surface area (Å²) >= 11 is 0. The Kier molecular flexibility index (Phi) is 5.03. The van der Waals surface area contributed by atoms with Gasteiger partial charge in [-0.1, -0.05) is 36.4 Å². The predicted octanol–water partition coefficient (Wildman–Crippen LogP) is 1.38. The van der Waals surface area contributed by atoms with Crippen LogP contribution in [0.5, 0.6) is 5.88 Å². The van der Waals surface area contributed by atoms with E-state index >= 15 is 0 Å². The first kappa shape index (κ1) is 17.3. The van der Waals surface area contributed by atoms with Crippen molar-refractivity contribution in [2.45, 2.75) is 6.92 Å². The summed E-state index contributed by atoms with van der Waals surface area (Å²) in [6.07, 6.45) is 0. The van der Waals surface area contributed by atoms with Crippen molar-refractivity contribution in [3.8, 4) is 11.6 Å². The quantitative estimate of drug-likeness (QED) is 0.378. The fourth-order valence-electron chi connectivity index (χ4n) is 2.56. The maximum Gasteiger partial charge on any atom is 0.339 e. The molecule has 0 aliphatic rings. The summed E-state index contributed by atoms with van der Waals surface area (Å²) in [6.45, 7) is 1.70. The van der Waals surface area contributed by atoms with E-state index in [1.807, 2.05) is 48.5 Å². The molecule has 0 saturated carbocycles. The van der Waals surface area contributed by atoms with Gasteiger partial charge in [0.1, 0.15) is 0 Å². The Morgan fingerprint density at radius 2 is 1.73 bits per heavy atom. The summed E-state index contributed by atoms with van der Waals surface area (Å²) in [4.78, 5) is 11.9. The Hall–Kier alpha value is -3.55. The first-order valence-electron chi connectivity index (χ1n) is 8.07. The lowest BCUT2D eigenvalue weighted by Crippen LogP contribution is -2.26. The average Bonchev–Trinajstić information content (AvgIpc) is 2.96. The highest BCUT2D eigenvalue weighted by Crippen LogP contribution is 2.19. The predicted molar refractivity (Wildman–Crippen MR) is 104 cm³/mol. The first-order chi connectivity index (χ1) is 12.6. The molecular weight excluding hydrogens is 329 g/mol. The molecule has 0 saturated heterocycles. The van der Waals surface area contributed by atoms with Crippen LogP contribution in [0.4, 0.5) is 10.5 Å². The fourth-order valence-corrected chi connectivity index (χ4v) is 2.56. The number of hydrogen-bond acceptors (Lipinski definition) is 4. The topological polar surface area (TPSA) is 91.5 Å². The van der Waals surface area contributed by atoms with Crippen LogP contribution >= 0.6 is 0 Å². The molecule has 0 aliphatic carbocycles. The lowest BCUT2D eigenvalue weighted by atomic mass is 9.97. The van der Waals surface area contributed by atoms with Gasteiger partial charge in [-0.05, 0) is 31.2 Å². The molecule has 2 aromatic carbocycles. The molecule has 0 fully saturated rings. The van der Waals surface area contributed by atoms with Crippen LogP contribution < -0.4 is 16.3 Å². The number of aromatic hydroxyl groups is 1. The molecule has 3 N–H and O–H groups in total. The Bertz CT molecular complexity index is 939. The van der Waals surface area contributed by atoms with Crippen LogP contribution in [0.2, 0.25) is 0 Å². The van der Waals surface area contributed by atoms with Crippen molar-refractivity contribution >= 4 is 30.9 Å². The van der Waals surface area contributed by atoms with Crippen LogP contribution in [-0.4, -0.2) is 34.5 Å². The zero-order chi connectivity index (χ0) is 18.5. The third kappa shape index (κ3) is 3.75. The standard InChI is InChI=1S/C18H18BN5O2/c1-12(21-22-18(26)20-13-8-4-2-5-9-13)15-16(19)23-24(17(15)25)14-10-6-3-7-11-14/h2-11,25H,19H2,1H3,(H2,20,22,26)/b21-12+. The molecule has 3 aromatic rings. The van der Waals surface area contributed by atoms with E-state index in [-0.39, 0.29) is 5.88 Å². The normalized spacial score (nSPS) is 11.2. The minimum Gasteiger partial charge on any atom is -0.493 e. The monoisotopic (exact) mass is 347 g/mol. The van der Waals surface area contributed by atoms with E-state index in [4.69, 9.17) is 0 Å². The Morgan fingerprint density at radius 1 is 1.12 bits per heavy atom. The molecule has 0 bridgehead atoms. The number of para-hydroxylation sites is 2. The largest absolute Gasteiger partial charge is 0.493 e. The van der Waals surface area contributed by atoms with Crippen molar-refractivity contribution in [1.82, 2.24) is 15.2 Å². The molecule has 0 spiro atoms.